The summed E-state index contributed by atoms with van der Waals surface area (Å²) in [5.41, 5.74) is 2.47. The first-order valence-corrected chi connectivity index (χ1v) is 10.5. The minimum Gasteiger partial charge on any atom is -0.508 e. The molecule has 1 aromatic heterocycles. The molecule has 33 heavy (non-hydrogen) atoms. The van der Waals surface area contributed by atoms with Crippen molar-refractivity contribution in [2.45, 2.75) is 19.3 Å². The summed E-state index contributed by atoms with van der Waals surface area (Å²) in [7, 11) is 1.30. The van der Waals surface area contributed by atoms with E-state index in [1.165, 1.54) is 25.3 Å². The maximum Gasteiger partial charge on any atom is 0.204 e. The highest BCUT2D eigenvalue weighted by Gasteiger charge is 2.24. The maximum absolute atomic E-state index is 13.0. The fraction of sp³-hybridized carbons (Fsp3) is 0.192. The summed E-state index contributed by atoms with van der Waals surface area (Å²) in [5.74, 6) is -0.644. The number of rotatable bonds is 7. The molecule has 7 heteroatoms. The summed E-state index contributed by atoms with van der Waals surface area (Å²) < 4.78 is 11.2. The smallest absolute Gasteiger partial charge is 0.204 e. The topological polar surface area (TPSA) is 120 Å². The lowest BCUT2D eigenvalue weighted by molar-refractivity contribution is 0.299. The second kappa shape index (κ2) is 9.26. The SMILES string of the molecule is COc1c(O)c(CCc2cccc(CCO)c2)c2oc(-c3ccc(O)cc3)cc(=O)c2c1O. The lowest BCUT2D eigenvalue weighted by Crippen LogP contribution is -2.05. The van der Waals surface area contributed by atoms with E-state index in [2.05, 4.69) is 0 Å². The standard InChI is InChI=1S/C26H24O7/c1-32-26-23(30)19(10-5-15-3-2-4-16(13-15)11-12-27)25-22(24(26)31)20(29)14-21(33-25)17-6-8-18(28)9-7-17/h2-4,6-9,13-14,27-28,30-31H,5,10-12H2,1H3. The first kappa shape index (κ1) is 22.2. The minimum atomic E-state index is -0.485. The van der Waals surface area contributed by atoms with Gasteiger partial charge in [-0.1, -0.05) is 24.3 Å². The van der Waals surface area contributed by atoms with Crippen molar-refractivity contribution < 1.29 is 29.6 Å². The highest BCUT2D eigenvalue weighted by molar-refractivity contribution is 5.92. The Bertz CT molecular complexity index is 1350. The molecule has 3 aromatic carbocycles. The van der Waals surface area contributed by atoms with E-state index >= 15 is 0 Å². The highest BCUT2D eigenvalue weighted by atomic mass is 16.5. The summed E-state index contributed by atoms with van der Waals surface area (Å²) >= 11 is 0. The molecule has 0 radical (unpaired) electrons. The van der Waals surface area contributed by atoms with Crippen LogP contribution in [0.25, 0.3) is 22.3 Å². The molecule has 170 valence electrons. The number of hydrogen-bond acceptors (Lipinski definition) is 7. The molecule has 0 saturated carbocycles. The van der Waals surface area contributed by atoms with Crippen molar-refractivity contribution in [3.05, 3.63) is 81.5 Å². The fourth-order valence-electron chi connectivity index (χ4n) is 3.93. The summed E-state index contributed by atoms with van der Waals surface area (Å²) in [6, 6.07) is 15.2. The Morgan fingerprint density at radius 3 is 2.24 bits per heavy atom. The number of aliphatic hydroxyl groups excluding tert-OH is 1. The zero-order chi connectivity index (χ0) is 23.5. The number of fused-ring (bicyclic) bond motifs is 1. The van der Waals surface area contributed by atoms with Crippen LogP contribution in [0, 0.1) is 0 Å². The molecule has 0 amide bonds. The third kappa shape index (κ3) is 4.36. The van der Waals surface area contributed by atoms with Gasteiger partial charge in [0.25, 0.3) is 0 Å². The van der Waals surface area contributed by atoms with Crippen LogP contribution in [0.1, 0.15) is 16.7 Å². The molecule has 1 heterocycles. The van der Waals surface area contributed by atoms with Gasteiger partial charge >= 0.3 is 0 Å². The molecule has 0 aliphatic carbocycles. The van der Waals surface area contributed by atoms with E-state index in [1.54, 1.807) is 12.1 Å². The van der Waals surface area contributed by atoms with E-state index in [0.29, 0.717) is 30.4 Å². The van der Waals surface area contributed by atoms with Gasteiger partial charge < -0.3 is 29.6 Å². The zero-order valence-corrected chi connectivity index (χ0v) is 18.0. The average molecular weight is 448 g/mol. The predicted molar refractivity (Wildman–Crippen MR) is 124 cm³/mol. The van der Waals surface area contributed by atoms with Crippen molar-refractivity contribution in [3.63, 3.8) is 0 Å². The van der Waals surface area contributed by atoms with E-state index in [1.807, 2.05) is 24.3 Å². The van der Waals surface area contributed by atoms with Crippen LogP contribution in [0.5, 0.6) is 23.0 Å². The number of benzene rings is 3. The number of phenolic OH excluding ortho intramolecular Hbond substituents is 3. The minimum absolute atomic E-state index is 0.0508. The van der Waals surface area contributed by atoms with Crippen LogP contribution in [0.3, 0.4) is 0 Å². The summed E-state index contributed by atoms with van der Waals surface area (Å²) in [6.45, 7) is 0.0508. The van der Waals surface area contributed by atoms with Crippen LogP contribution in [0.15, 0.2) is 63.8 Å². The van der Waals surface area contributed by atoms with Gasteiger partial charge in [0.15, 0.2) is 16.9 Å². The quantitative estimate of drug-likeness (QED) is 0.338. The molecule has 0 aliphatic heterocycles. The van der Waals surface area contributed by atoms with Crippen LogP contribution < -0.4 is 10.2 Å². The van der Waals surface area contributed by atoms with Crippen molar-refractivity contribution in [1.29, 1.82) is 0 Å². The van der Waals surface area contributed by atoms with Gasteiger partial charge in [-0.05, 0) is 54.7 Å². The van der Waals surface area contributed by atoms with E-state index in [-0.39, 0.29) is 40.6 Å². The average Bonchev–Trinajstić information content (AvgIpc) is 2.80. The molecule has 0 spiro atoms. The molecule has 7 nitrogen and oxygen atoms in total. The normalized spacial score (nSPS) is 11.1. The van der Waals surface area contributed by atoms with Crippen LogP contribution in [-0.4, -0.2) is 34.1 Å². The Morgan fingerprint density at radius 2 is 1.58 bits per heavy atom. The van der Waals surface area contributed by atoms with Gasteiger partial charge in [-0.3, -0.25) is 4.79 Å². The molecule has 4 rings (SSSR count). The number of ether oxygens (including phenoxy) is 1. The Balaban J connectivity index is 1.85. The van der Waals surface area contributed by atoms with Gasteiger partial charge in [0.05, 0.1) is 7.11 Å². The molecular formula is C26H24O7. The van der Waals surface area contributed by atoms with E-state index in [0.717, 1.165) is 11.1 Å². The fourth-order valence-corrected chi connectivity index (χ4v) is 3.93. The lowest BCUT2D eigenvalue weighted by atomic mass is 9.98. The van der Waals surface area contributed by atoms with Crippen molar-refractivity contribution in [2.75, 3.05) is 13.7 Å². The Hall–Kier alpha value is -3.97. The van der Waals surface area contributed by atoms with Crippen LogP contribution >= 0.6 is 0 Å². The molecule has 0 bridgehead atoms. The molecule has 0 saturated heterocycles. The molecule has 0 aliphatic rings. The summed E-state index contributed by atoms with van der Waals surface area (Å²) in [5, 5.41) is 40.1. The first-order chi connectivity index (χ1) is 15.9. The largest absolute Gasteiger partial charge is 0.508 e. The van der Waals surface area contributed by atoms with Crippen molar-refractivity contribution in [2.24, 2.45) is 0 Å². The Kier molecular flexibility index (Phi) is 6.24. The van der Waals surface area contributed by atoms with Crippen LogP contribution in [0.4, 0.5) is 0 Å². The Labute approximate surface area is 189 Å². The third-order valence-corrected chi connectivity index (χ3v) is 5.59. The maximum atomic E-state index is 13.0. The van der Waals surface area contributed by atoms with Gasteiger partial charge in [-0.15, -0.1) is 0 Å². The summed E-state index contributed by atoms with van der Waals surface area (Å²) in [6.07, 6.45) is 1.37. The molecule has 0 fully saturated rings. The van der Waals surface area contributed by atoms with E-state index in [4.69, 9.17) is 9.15 Å². The van der Waals surface area contributed by atoms with E-state index in [9.17, 15) is 25.2 Å². The van der Waals surface area contributed by atoms with Crippen molar-refractivity contribution in [3.8, 4) is 34.3 Å². The third-order valence-electron chi connectivity index (χ3n) is 5.59. The monoisotopic (exact) mass is 448 g/mol. The zero-order valence-electron chi connectivity index (χ0n) is 18.0. The van der Waals surface area contributed by atoms with Crippen LogP contribution in [-0.2, 0) is 19.3 Å². The number of aryl methyl sites for hydroxylation is 2. The number of aliphatic hydroxyl groups is 1. The molecule has 0 atom stereocenters. The number of hydrogen-bond donors (Lipinski definition) is 4. The van der Waals surface area contributed by atoms with Gasteiger partial charge in [-0.2, -0.15) is 0 Å². The number of aromatic hydroxyl groups is 3. The molecule has 0 unspecified atom stereocenters. The second-order valence-corrected chi connectivity index (χ2v) is 7.73. The first-order valence-electron chi connectivity index (χ1n) is 10.5. The Morgan fingerprint density at radius 1 is 0.879 bits per heavy atom. The van der Waals surface area contributed by atoms with Gasteiger partial charge in [-0.25, -0.2) is 0 Å². The van der Waals surface area contributed by atoms with Crippen molar-refractivity contribution >= 4 is 11.0 Å². The molecular weight excluding hydrogens is 424 g/mol. The number of methoxy groups -OCH3 is 1. The lowest BCUT2D eigenvalue weighted by Gasteiger charge is -2.15. The predicted octanol–water partition coefficient (Wildman–Crippen LogP) is 3.91. The van der Waals surface area contributed by atoms with Crippen molar-refractivity contribution in [1.82, 2.24) is 0 Å². The van der Waals surface area contributed by atoms with Gasteiger partial charge in [0.2, 0.25) is 5.75 Å². The van der Waals surface area contributed by atoms with Crippen LogP contribution in [0.2, 0.25) is 0 Å². The van der Waals surface area contributed by atoms with Gasteiger partial charge in [0.1, 0.15) is 22.5 Å². The van der Waals surface area contributed by atoms with E-state index < -0.39 is 11.2 Å². The van der Waals surface area contributed by atoms with Gasteiger partial charge in [0, 0.05) is 23.8 Å². The number of phenols is 3. The highest BCUT2D eigenvalue weighted by Crippen LogP contribution is 2.45. The summed E-state index contributed by atoms with van der Waals surface area (Å²) in [4.78, 5) is 13.0. The molecule has 4 aromatic rings. The molecule has 4 N–H and O–H groups in total. The second-order valence-electron chi connectivity index (χ2n) is 7.73.